The van der Waals surface area contributed by atoms with Crippen LogP contribution in [0.4, 0.5) is 5.69 Å². The van der Waals surface area contributed by atoms with Gasteiger partial charge in [0.05, 0.1) is 34.8 Å². The number of para-hydroxylation sites is 1. The Balaban J connectivity index is 1.79. The van der Waals surface area contributed by atoms with Crippen LogP contribution >= 0.6 is 11.6 Å². The first-order chi connectivity index (χ1) is 9.18. The lowest BCUT2D eigenvalue weighted by atomic mass is 9.85. The van der Waals surface area contributed by atoms with Crippen LogP contribution in [0, 0.1) is 11.8 Å². The molecule has 1 aromatic carbocycles. The molecule has 5 heteroatoms. The number of benzene rings is 1. The predicted molar refractivity (Wildman–Crippen MR) is 68.7 cm³/mol. The molecule has 0 saturated carbocycles. The predicted octanol–water partition coefficient (Wildman–Crippen LogP) is 1.78. The number of ether oxygens (including phenoxy) is 1. The van der Waals surface area contributed by atoms with Crippen molar-refractivity contribution < 1.29 is 14.3 Å². The van der Waals surface area contributed by atoms with Crippen LogP contribution in [-0.4, -0.2) is 24.0 Å². The number of carbonyl (C=O) groups excluding carboxylic acids is 2. The van der Waals surface area contributed by atoms with Gasteiger partial charge in [0.15, 0.2) is 0 Å². The van der Waals surface area contributed by atoms with Crippen molar-refractivity contribution in [3.8, 4) is 0 Å². The van der Waals surface area contributed by atoms with Crippen molar-refractivity contribution in [2.75, 3.05) is 4.90 Å². The Morgan fingerprint density at radius 3 is 2.16 bits per heavy atom. The van der Waals surface area contributed by atoms with E-state index < -0.39 is 11.8 Å². The molecule has 3 aliphatic heterocycles. The van der Waals surface area contributed by atoms with Gasteiger partial charge in [-0.2, -0.15) is 0 Å². The summed E-state index contributed by atoms with van der Waals surface area (Å²) in [6, 6.07) is 6.90. The Hall–Kier alpha value is -1.65. The van der Waals surface area contributed by atoms with E-state index in [1.165, 1.54) is 4.90 Å². The van der Waals surface area contributed by atoms with Crippen molar-refractivity contribution in [3.63, 3.8) is 0 Å². The number of rotatable bonds is 1. The third kappa shape index (κ3) is 1.33. The van der Waals surface area contributed by atoms with Crippen LogP contribution in [0.1, 0.15) is 0 Å². The Morgan fingerprint density at radius 2 is 1.58 bits per heavy atom. The van der Waals surface area contributed by atoms with Gasteiger partial charge in [0.2, 0.25) is 11.8 Å². The molecule has 0 aromatic heterocycles. The molecular formula is C14H10ClNO3. The van der Waals surface area contributed by atoms with Crippen LogP contribution in [0.15, 0.2) is 36.4 Å². The van der Waals surface area contributed by atoms with E-state index >= 15 is 0 Å². The second kappa shape index (κ2) is 3.68. The SMILES string of the molecule is O=C1[C@@H]2[C@@H](C(=O)N1c1ccccc1Cl)[C@@H]1C=C[C@@H]2O1. The maximum atomic E-state index is 12.5. The summed E-state index contributed by atoms with van der Waals surface area (Å²) in [5, 5.41) is 0.408. The van der Waals surface area contributed by atoms with Gasteiger partial charge in [0, 0.05) is 0 Å². The Bertz CT molecular complexity index is 597. The topological polar surface area (TPSA) is 46.6 Å². The molecule has 2 saturated heterocycles. The normalized spacial score (nSPS) is 35.3. The maximum absolute atomic E-state index is 12.5. The van der Waals surface area contributed by atoms with Crippen LogP contribution in [-0.2, 0) is 14.3 Å². The molecule has 19 heavy (non-hydrogen) atoms. The van der Waals surface area contributed by atoms with Crippen molar-refractivity contribution in [3.05, 3.63) is 41.4 Å². The molecule has 0 N–H and O–H groups in total. The lowest BCUT2D eigenvalue weighted by Crippen LogP contribution is -2.34. The quantitative estimate of drug-likeness (QED) is 0.580. The monoisotopic (exact) mass is 275 g/mol. The minimum Gasteiger partial charge on any atom is -0.365 e. The molecule has 0 unspecified atom stereocenters. The van der Waals surface area contributed by atoms with E-state index in [0.29, 0.717) is 10.7 Å². The molecule has 3 aliphatic rings. The van der Waals surface area contributed by atoms with Crippen LogP contribution in [0.3, 0.4) is 0 Å². The Morgan fingerprint density at radius 1 is 1.00 bits per heavy atom. The summed E-state index contributed by atoms with van der Waals surface area (Å²) in [6.07, 6.45) is 3.21. The van der Waals surface area contributed by atoms with Gasteiger partial charge in [-0.15, -0.1) is 0 Å². The number of halogens is 1. The summed E-state index contributed by atoms with van der Waals surface area (Å²) in [7, 11) is 0. The molecular weight excluding hydrogens is 266 g/mol. The fourth-order valence-corrected chi connectivity index (χ4v) is 3.39. The summed E-state index contributed by atoms with van der Waals surface area (Å²) >= 11 is 6.09. The number of carbonyl (C=O) groups is 2. The van der Waals surface area contributed by atoms with Gasteiger partial charge in [-0.1, -0.05) is 35.9 Å². The molecule has 0 radical (unpaired) electrons. The van der Waals surface area contributed by atoms with Gasteiger partial charge in [0.25, 0.3) is 0 Å². The first kappa shape index (κ1) is 11.2. The highest BCUT2D eigenvalue weighted by Gasteiger charge is 2.61. The largest absolute Gasteiger partial charge is 0.365 e. The van der Waals surface area contributed by atoms with Crippen molar-refractivity contribution >= 4 is 29.1 Å². The number of hydrogen-bond donors (Lipinski definition) is 0. The minimum absolute atomic E-state index is 0.208. The van der Waals surface area contributed by atoms with Crippen molar-refractivity contribution in [1.29, 1.82) is 0 Å². The Labute approximate surface area is 114 Å². The first-order valence-corrected chi connectivity index (χ1v) is 6.52. The van der Waals surface area contributed by atoms with Crippen molar-refractivity contribution in [2.24, 2.45) is 11.8 Å². The lowest BCUT2D eigenvalue weighted by molar-refractivity contribution is -0.124. The summed E-state index contributed by atoms with van der Waals surface area (Å²) < 4.78 is 5.58. The average Bonchev–Trinajstić information content (AvgIpc) is 3.06. The van der Waals surface area contributed by atoms with E-state index in [1.54, 1.807) is 24.3 Å². The maximum Gasteiger partial charge on any atom is 0.240 e. The first-order valence-electron chi connectivity index (χ1n) is 6.14. The number of imide groups is 1. The minimum atomic E-state index is -0.390. The molecule has 96 valence electrons. The fraction of sp³-hybridized carbons (Fsp3) is 0.286. The van der Waals surface area contributed by atoms with Gasteiger partial charge in [-0.05, 0) is 12.1 Å². The van der Waals surface area contributed by atoms with E-state index in [4.69, 9.17) is 16.3 Å². The number of fused-ring (bicyclic) bond motifs is 5. The number of nitrogens with zero attached hydrogens (tertiary/aromatic N) is 1. The summed E-state index contributed by atoms with van der Waals surface area (Å²) in [4.78, 5) is 26.2. The van der Waals surface area contributed by atoms with Crippen LogP contribution < -0.4 is 4.90 Å². The van der Waals surface area contributed by atoms with Crippen molar-refractivity contribution in [1.82, 2.24) is 0 Å². The van der Waals surface area contributed by atoms with Crippen LogP contribution in [0.5, 0.6) is 0 Å². The van der Waals surface area contributed by atoms with E-state index in [0.717, 1.165) is 0 Å². The molecule has 2 bridgehead atoms. The second-order valence-electron chi connectivity index (χ2n) is 4.97. The zero-order valence-electron chi connectivity index (χ0n) is 9.82. The number of amides is 2. The van der Waals surface area contributed by atoms with Gasteiger partial charge in [-0.3, -0.25) is 9.59 Å². The molecule has 3 heterocycles. The number of anilines is 1. The summed E-state index contributed by atoms with van der Waals surface area (Å²) in [6.45, 7) is 0. The van der Waals surface area contributed by atoms with Gasteiger partial charge < -0.3 is 4.74 Å². The third-order valence-electron chi connectivity index (χ3n) is 4.00. The average molecular weight is 276 g/mol. The molecule has 2 amide bonds. The van der Waals surface area contributed by atoms with E-state index in [1.807, 2.05) is 12.2 Å². The molecule has 4 nitrogen and oxygen atoms in total. The molecule has 0 aliphatic carbocycles. The van der Waals surface area contributed by atoms with Crippen LogP contribution in [0.25, 0.3) is 0 Å². The lowest BCUT2D eigenvalue weighted by Gasteiger charge is -2.18. The van der Waals surface area contributed by atoms with E-state index in [-0.39, 0.29) is 24.0 Å². The summed E-state index contributed by atoms with van der Waals surface area (Å²) in [5.41, 5.74) is 0.466. The zero-order valence-corrected chi connectivity index (χ0v) is 10.6. The van der Waals surface area contributed by atoms with Crippen LogP contribution in [0.2, 0.25) is 5.02 Å². The second-order valence-corrected chi connectivity index (χ2v) is 5.37. The highest BCUT2D eigenvalue weighted by Crippen LogP contribution is 2.47. The fourth-order valence-electron chi connectivity index (χ4n) is 3.17. The van der Waals surface area contributed by atoms with Crippen molar-refractivity contribution in [2.45, 2.75) is 12.2 Å². The standard InChI is InChI=1S/C14H10ClNO3/c15-7-3-1-2-4-8(7)16-13(17)11-9-5-6-10(19-9)12(11)14(16)18/h1-6,9-12H/t9-,10-,11-,12-/m0/s1. The zero-order chi connectivity index (χ0) is 13.1. The molecule has 4 atom stereocenters. The van der Waals surface area contributed by atoms with Gasteiger partial charge in [0.1, 0.15) is 0 Å². The van der Waals surface area contributed by atoms with Gasteiger partial charge in [-0.25, -0.2) is 4.90 Å². The molecule has 0 spiro atoms. The Kier molecular flexibility index (Phi) is 2.17. The van der Waals surface area contributed by atoms with E-state index in [2.05, 4.69) is 0 Å². The molecule has 4 rings (SSSR count). The highest BCUT2D eigenvalue weighted by molar-refractivity contribution is 6.36. The third-order valence-corrected chi connectivity index (χ3v) is 4.32. The molecule has 2 fully saturated rings. The van der Waals surface area contributed by atoms with E-state index in [9.17, 15) is 9.59 Å². The highest BCUT2D eigenvalue weighted by atomic mass is 35.5. The number of hydrogen-bond acceptors (Lipinski definition) is 3. The smallest absolute Gasteiger partial charge is 0.240 e. The van der Waals surface area contributed by atoms with Gasteiger partial charge >= 0.3 is 0 Å². The summed E-state index contributed by atoms with van der Waals surface area (Å²) in [5.74, 6) is -1.20. The molecule has 1 aromatic rings.